The van der Waals surface area contributed by atoms with Crippen LogP contribution in [0.5, 0.6) is 0 Å². The third-order valence-electron chi connectivity index (χ3n) is 4.06. The molecule has 1 heterocycles. The second-order valence-electron chi connectivity index (χ2n) is 6.14. The Balaban J connectivity index is 1.84. The SMILES string of the molecule is C=CCn1c(S[C@H](C#N)Cc2ccc(C)cc2)nnc1-c1ccc(F)cc1. The Morgan fingerprint density at radius 2 is 1.89 bits per heavy atom. The van der Waals surface area contributed by atoms with Gasteiger partial charge in [-0.3, -0.25) is 4.57 Å². The van der Waals surface area contributed by atoms with Crippen molar-refractivity contribution in [3.63, 3.8) is 0 Å². The lowest BCUT2D eigenvalue weighted by atomic mass is 10.1. The Labute approximate surface area is 162 Å². The van der Waals surface area contributed by atoms with Gasteiger partial charge in [0, 0.05) is 12.1 Å². The van der Waals surface area contributed by atoms with Crippen LogP contribution in [0.3, 0.4) is 0 Å². The summed E-state index contributed by atoms with van der Waals surface area (Å²) in [6.45, 7) is 6.33. The van der Waals surface area contributed by atoms with Gasteiger partial charge in [0.15, 0.2) is 11.0 Å². The Bertz CT molecular complexity index is 955. The smallest absolute Gasteiger partial charge is 0.193 e. The fourth-order valence-electron chi connectivity index (χ4n) is 2.66. The van der Waals surface area contributed by atoms with Crippen LogP contribution in [0.1, 0.15) is 11.1 Å². The van der Waals surface area contributed by atoms with Gasteiger partial charge in [0.1, 0.15) is 11.1 Å². The number of rotatable bonds is 7. The Hall–Kier alpha value is -2.91. The van der Waals surface area contributed by atoms with Crippen LogP contribution in [0.15, 0.2) is 66.3 Å². The molecule has 1 aromatic heterocycles. The number of benzene rings is 2. The average Bonchev–Trinajstić information content (AvgIpc) is 3.06. The van der Waals surface area contributed by atoms with E-state index in [0.717, 1.165) is 11.1 Å². The number of aromatic nitrogens is 3. The number of allylic oxidation sites excluding steroid dienone is 1. The lowest BCUT2D eigenvalue weighted by molar-refractivity contribution is 0.628. The van der Waals surface area contributed by atoms with Gasteiger partial charge in [-0.2, -0.15) is 5.26 Å². The van der Waals surface area contributed by atoms with Crippen LogP contribution in [0.2, 0.25) is 0 Å². The fourth-order valence-corrected chi connectivity index (χ4v) is 3.62. The van der Waals surface area contributed by atoms with Gasteiger partial charge in [0.25, 0.3) is 0 Å². The van der Waals surface area contributed by atoms with Crippen LogP contribution in [0.25, 0.3) is 11.4 Å². The molecule has 3 aromatic rings. The molecule has 27 heavy (non-hydrogen) atoms. The molecule has 6 heteroatoms. The number of aryl methyl sites for hydroxylation is 1. The maximum Gasteiger partial charge on any atom is 0.193 e. The summed E-state index contributed by atoms with van der Waals surface area (Å²) in [6.07, 6.45) is 2.37. The highest BCUT2D eigenvalue weighted by Crippen LogP contribution is 2.28. The summed E-state index contributed by atoms with van der Waals surface area (Å²) in [5.41, 5.74) is 3.06. The molecule has 0 saturated heterocycles. The average molecular weight is 378 g/mol. The van der Waals surface area contributed by atoms with Crippen LogP contribution in [-0.2, 0) is 13.0 Å². The highest BCUT2D eigenvalue weighted by Gasteiger charge is 2.19. The van der Waals surface area contributed by atoms with E-state index in [1.165, 1.54) is 29.5 Å². The summed E-state index contributed by atoms with van der Waals surface area (Å²) in [6, 6.07) is 16.6. The minimum absolute atomic E-state index is 0.290. The Kier molecular flexibility index (Phi) is 6.05. The van der Waals surface area contributed by atoms with Crippen molar-refractivity contribution in [3.8, 4) is 17.5 Å². The van der Waals surface area contributed by atoms with Crippen molar-refractivity contribution >= 4 is 11.8 Å². The first-order valence-electron chi connectivity index (χ1n) is 8.52. The van der Waals surface area contributed by atoms with E-state index in [1.54, 1.807) is 18.2 Å². The van der Waals surface area contributed by atoms with Gasteiger partial charge in [0.2, 0.25) is 0 Å². The normalized spacial score (nSPS) is 11.7. The third kappa shape index (κ3) is 4.63. The van der Waals surface area contributed by atoms with Gasteiger partial charge in [-0.05, 0) is 43.2 Å². The Morgan fingerprint density at radius 1 is 1.19 bits per heavy atom. The third-order valence-corrected chi connectivity index (χ3v) is 5.13. The fraction of sp³-hybridized carbons (Fsp3) is 0.190. The van der Waals surface area contributed by atoms with Gasteiger partial charge in [-0.15, -0.1) is 16.8 Å². The van der Waals surface area contributed by atoms with Crippen molar-refractivity contribution in [1.82, 2.24) is 14.8 Å². The first kappa shape index (κ1) is 18.9. The van der Waals surface area contributed by atoms with Gasteiger partial charge >= 0.3 is 0 Å². The number of nitrogens with zero attached hydrogens (tertiary/aromatic N) is 4. The molecule has 0 aliphatic heterocycles. The van der Waals surface area contributed by atoms with Crippen LogP contribution in [-0.4, -0.2) is 20.0 Å². The molecule has 0 amide bonds. The summed E-state index contributed by atoms with van der Waals surface area (Å²) in [5, 5.41) is 18.5. The molecular formula is C21H19FN4S. The van der Waals surface area contributed by atoms with E-state index in [1.807, 2.05) is 35.8 Å². The maximum atomic E-state index is 13.2. The number of hydrogen-bond donors (Lipinski definition) is 0. The van der Waals surface area contributed by atoms with Crippen molar-refractivity contribution in [2.75, 3.05) is 0 Å². The molecule has 1 atom stereocenters. The van der Waals surface area contributed by atoms with Crippen molar-refractivity contribution in [2.24, 2.45) is 0 Å². The minimum Gasteiger partial charge on any atom is -0.298 e. The second-order valence-corrected chi connectivity index (χ2v) is 7.31. The summed E-state index contributed by atoms with van der Waals surface area (Å²) in [5.74, 6) is 0.329. The predicted octanol–water partition coefficient (Wildman–Crippen LogP) is 4.81. The van der Waals surface area contributed by atoms with Crippen LogP contribution < -0.4 is 0 Å². The van der Waals surface area contributed by atoms with Crippen LogP contribution in [0.4, 0.5) is 4.39 Å². The number of hydrogen-bond acceptors (Lipinski definition) is 4. The number of thioether (sulfide) groups is 1. The summed E-state index contributed by atoms with van der Waals surface area (Å²) in [7, 11) is 0. The molecule has 3 rings (SSSR count). The van der Waals surface area contributed by atoms with Crippen molar-refractivity contribution in [3.05, 3.63) is 78.1 Å². The van der Waals surface area contributed by atoms with E-state index in [9.17, 15) is 9.65 Å². The van der Waals surface area contributed by atoms with Crippen LogP contribution >= 0.6 is 11.8 Å². The monoisotopic (exact) mass is 378 g/mol. The molecule has 0 fully saturated rings. The molecule has 0 aliphatic carbocycles. The topological polar surface area (TPSA) is 54.5 Å². The zero-order chi connectivity index (χ0) is 19.2. The molecule has 136 valence electrons. The zero-order valence-corrected chi connectivity index (χ0v) is 15.8. The van der Waals surface area contributed by atoms with E-state index in [2.05, 4.69) is 22.8 Å². The lowest BCUT2D eigenvalue weighted by Gasteiger charge is -2.11. The number of nitriles is 1. The maximum absolute atomic E-state index is 13.2. The van der Waals surface area contributed by atoms with Gasteiger partial charge in [-0.1, -0.05) is 47.7 Å². The Morgan fingerprint density at radius 3 is 2.52 bits per heavy atom. The summed E-state index contributed by atoms with van der Waals surface area (Å²) in [4.78, 5) is 0. The minimum atomic E-state index is -0.300. The van der Waals surface area contributed by atoms with E-state index in [0.29, 0.717) is 23.9 Å². The quantitative estimate of drug-likeness (QED) is 0.437. The highest BCUT2D eigenvalue weighted by atomic mass is 32.2. The second kappa shape index (κ2) is 8.65. The van der Waals surface area contributed by atoms with Crippen LogP contribution in [0, 0.1) is 24.1 Å². The molecule has 0 unspecified atom stereocenters. The van der Waals surface area contributed by atoms with Crippen molar-refractivity contribution in [2.45, 2.75) is 30.3 Å². The molecular weight excluding hydrogens is 359 g/mol. The summed E-state index contributed by atoms with van der Waals surface area (Å²) >= 11 is 1.38. The van der Waals surface area contributed by atoms with Gasteiger partial charge in [0.05, 0.1) is 6.07 Å². The standard InChI is InChI=1S/C21H19FN4S/c1-3-12-26-20(17-8-10-18(22)11-9-17)24-25-21(26)27-19(14-23)13-16-6-4-15(2)5-7-16/h3-11,19H,1,12-13H2,2H3/t19-/m0/s1. The van der Waals surface area contributed by atoms with E-state index in [4.69, 9.17) is 0 Å². The molecule has 0 N–H and O–H groups in total. The molecule has 4 nitrogen and oxygen atoms in total. The van der Waals surface area contributed by atoms with E-state index < -0.39 is 0 Å². The summed E-state index contributed by atoms with van der Waals surface area (Å²) < 4.78 is 15.1. The lowest BCUT2D eigenvalue weighted by Crippen LogP contribution is -2.07. The molecule has 0 spiro atoms. The van der Waals surface area contributed by atoms with Gasteiger partial charge < -0.3 is 0 Å². The van der Waals surface area contributed by atoms with E-state index in [-0.39, 0.29) is 11.1 Å². The molecule has 0 radical (unpaired) electrons. The van der Waals surface area contributed by atoms with Crippen molar-refractivity contribution < 1.29 is 4.39 Å². The van der Waals surface area contributed by atoms with E-state index >= 15 is 0 Å². The predicted molar refractivity (Wildman–Crippen MR) is 106 cm³/mol. The first-order valence-corrected chi connectivity index (χ1v) is 9.40. The molecule has 0 saturated carbocycles. The zero-order valence-electron chi connectivity index (χ0n) is 15.0. The van der Waals surface area contributed by atoms with Gasteiger partial charge in [-0.25, -0.2) is 4.39 Å². The highest BCUT2D eigenvalue weighted by molar-refractivity contribution is 8.00. The molecule has 2 aromatic carbocycles. The first-order chi connectivity index (χ1) is 13.1. The largest absolute Gasteiger partial charge is 0.298 e. The number of halogens is 1. The van der Waals surface area contributed by atoms with Crippen molar-refractivity contribution in [1.29, 1.82) is 5.26 Å². The molecule has 0 aliphatic rings. The molecule has 0 bridgehead atoms.